The predicted molar refractivity (Wildman–Crippen MR) is 89.4 cm³/mol. The summed E-state index contributed by atoms with van der Waals surface area (Å²) in [5.41, 5.74) is 1.08. The van der Waals surface area contributed by atoms with Crippen LogP contribution in [-0.4, -0.2) is 23.1 Å². The van der Waals surface area contributed by atoms with Crippen LogP contribution < -0.4 is 5.32 Å². The molecule has 0 saturated heterocycles. The number of unbranched alkanes of at least 4 members (excludes halogenated alkanes) is 1. The van der Waals surface area contributed by atoms with Gasteiger partial charge in [0.15, 0.2) is 0 Å². The van der Waals surface area contributed by atoms with Crippen molar-refractivity contribution in [2.45, 2.75) is 51.4 Å². The maximum absolute atomic E-state index is 12.4. The van der Waals surface area contributed by atoms with Gasteiger partial charge in [-0.25, -0.2) is 0 Å². The third kappa shape index (κ3) is 3.87. The average Bonchev–Trinajstić information content (AvgIpc) is 2.60. The minimum Gasteiger partial charge on any atom is -0.382 e. The first-order valence-corrected chi connectivity index (χ1v) is 8.75. The van der Waals surface area contributed by atoms with Crippen LogP contribution in [0, 0.1) is 5.92 Å². The van der Waals surface area contributed by atoms with Crippen LogP contribution in [0.25, 0.3) is 0 Å². The number of fused-ring (bicyclic) bond motifs is 1. The fourth-order valence-corrected chi connectivity index (χ4v) is 3.58. The van der Waals surface area contributed by atoms with Crippen molar-refractivity contribution < 1.29 is 9.59 Å². The Morgan fingerprint density at radius 3 is 2.78 bits per heavy atom. The van der Waals surface area contributed by atoms with Crippen LogP contribution in [0.3, 0.4) is 0 Å². The second kappa shape index (κ2) is 7.53. The van der Waals surface area contributed by atoms with E-state index in [1.807, 2.05) is 0 Å². The number of carbonyl (C=O) groups excluding carboxylic acids is 2. The van der Waals surface area contributed by atoms with Crippen LogP contribution in [0.2, 0.25) is 0 Å². The van der Waals surface area contributed by atoms with Crippen molar-refractivity contribution in [2.24, 2.45) is 5.92 Å². The smallest absolute Gasteiger partial charge is 0.211 e. The highest BCUT2D eigenvalue weighted by Gasteiger charge is 2.26. The summed E-state index contributed by atoms with van der Waals surface area (Å²) < 4.78 is 0. The Bertz CT molecular complexity index is 616. The molecule has 1 saturated carbocycles. The normalized spacial score (nSPS) is 18.5. The van der Waals surface area contributed by atoms with Gasteiger partial charge in [0.25, 0.3) is 0 Å². The molecule has 0 radical (unpaired) electrons. The molecular weight excluding hydrogens is 288 g/mol. The first kappa shape index (κ1) is 15.9. The van der Waals surface area contributed by atoms with E-state index in [0.29, 0.717) is 11.3 Å². The Labute approximate surface area is 137 Å². The van der Waals surface area contributed by atoms with Gasteiger partial charge in [0.05, 0.1) is 11.3 Å². The third-order valence-corrected chi connectivity index (χ3v) is 4.89. The number of hydrogen-bond donors (Lipinski definition) is 1. The maximum Gasteiger partial charge on any atom is 0.211 e. The maximum atomic E-state index is 12.4. The van der Waals surface area contributed by atoms with Gasteiger partial charge < -0.3 is 5.32 Å². The number of allylic oxidation sites excluding steroid dienone is 2. The predicted octanol–water partition coefficient (Wildman–Crippen LogP) is 3.68. The third-order valence-electron chi connectivity index (χ3n) is 4.89. The first-order chi connectivity index (χ1) is 11.3. The molecule has 1 aromatic rings. The van der Waals surface area contributed by atoms with Gasteiger partial charge >= 0.3 is 0 Å². The summed E-state index contributed by atoms with van der Waals surface area (Å²) >= 11 is 0. The van der Waals surface area contributed by atoms with Gasteiger partial charge in [-0.2, -0.15) is 0 Å². The van der Waals surface area contributed by atoms with Gasteiger partial charge in [0.2, 0.25) is 11.6 Å². The molecule has 2 aliphatic rings. The Kier molecular flexibility index (Phi) is 5.21. The van der Waals surface area contributed by atoms with Gasteiger partial charge in [-0.05, 0) is 24.5 Å². The van der Waals surface area contributed by atoms with Gasteiger partial charge in [0.1, 0.15) is 5.69 Å². The molecule has 3 rings (SSSR count). The molecule has 1 fully saturated rings. The van der Waals surface area contributed by atoms with Crippen molar-refractivity contribution in [3.63, 3.8) is 0 Å². The van der Waals surface area contributed by atoms with E-state index in [9.17, 15) is 9.59 Å². The molecule has 23 heavy (non-hydrogen) atoms. The summed E-state index contributed by atoms with van der Waals surface area (Å²) in [4.78, 5) is 28.4. The fraction of sp³-hybridized carbons (Fsp3) is 0.526. The average molecular weight is 312 g/mol. The molecule has 0 aliphatic heterocycles. The lowest BCUT2D eigenvalue weighted by molar-refractivity contribution is 0.0975. The number of pyridine rings is 1. The lowest BCUT2D eigenvalue weighted by atomic mass is 9.86. The number of ketones is 2. The molecule has 0 unspecified atom stereocenters. The highest BCUT2D eigenvalue weighted by atomic mass is 16.1. The summed E-state index contributed by atoms with van der Waals surface area (Å²) in [6, 6.07) is 3.36. The van der Waals surface area contributed by atoms with Crippen molar-refractivity contribution in [1.82, 2.24) is 10.3 Å². The van der Waals surface area contributed by atoms with E-state index in [1.54, 1.807) is 18.3 Å². The van der Waals surface area contributed by atoms with Crippen molar-refractivity contribution in [3.05, 3.63) is 41.4 Å². The summed E-state index contributed by atoms with van der Waals surface area (Å²) in [6.45, 7) is 0.743. The van der Waals surface area contributed by atoms with Crippen molar-refractivity contribution in [3.8, 4) is 0 Å². The highest BCUT2D eigenvalue weighted by molar-refractivity contribution is 6.23. The molecule has 0 aromatic carbocycles. The number of carbonyl (C=O) groups is 2. The largest absolute Gasteiger partial charge is 0.382 e. The molecule has 1 aromatic heterocycles. The number of Topliss-reactive ketones (excluding diaryl/α,β-unsaturated/α-hetero) is 1. The molecule has 0 amide bonds. The van der Waals surface area contributed by atoms with E-state index in [2.05, 4.69) is 10.3 Å². The SMILES string of the molecule is O=C1C(NCCCCC2CCCCC2)=CC(=O)c2ncccc21. The van der Waals surface area contributed by atoms with Gasteiger partial charge in [-0.1, -0.05) is 44.9 Å². The monoisotopic (exact) mass is 312 g/mol. The van der Waals surface area contributed by atoms with Gasteiger partial charge in [0, 0.05) is 18.8 Å². The minimum atomic E-state index is -0.190. The number of aromatic nitrogens is 1. The number of hydrogen-bond acceptors (Lipinski definition) is 4. The molecule has 1 heterocycles. The van der Waals surface area contributed by atoms with E-state index in [0.717, 1.165) is 18.9 Å². The van der Waals surface area contributed by atoms with Crippen LogP contribution in [0.5, 0.6) is 0 Å². The highest BCUT2D eigenvalue weighted by Crippen LogP contribution is 2.27. The molecule has 0 atom stereocenters. The van der Waals surface area contributed by atoms with Crippen LogP contribution in [0.4, 0.5) is 0 Å². The summed E-state index contributed by atoms with van der Waals surface area (Å²) in [6.07, 6.45) is 13.4. The zero-order valence-electron chi connectivity index (χ0n) is 13.5. The Hall–Kier alpha value is -1.97. The molecule has 122 valence electrons. The molecule has 4 heteroatoms. The Balaban J connectivity index is 1.45. The number of nitrogens with zero attached hydrogens (tertiary/aromatic N) is 1. The number of rotatable bonds is 6. The van der Waals surface area contributed by atoms with Crippen molar-refractivity contribution >= 4 is 11.6 Å². The van der Waals surface area contributed by atoms with E-state index >= 15 is 0 Å². The zero-order valence-corrected chi connectivity index (χ0v) is 13.5. The Morgan fingerprint density at radius 1 is 1.13 bits per heavy atom. The lowest BCUT2D eigenvalue weighted by Gasteiger charge is -2.21. The first-order valence-electron chi connectivity index (χ1n) is 8.75. The zero-order chi connectivity index (χ0) is 16.1. The Morgan fingerprint density at radius 2 is 1.96 bits per heavy atom. The molecule has 1 N–H and O–H groups in total. The minimum absolute atomic E-state index is 0.125. The van der Waals surface area contributed by atoms with E-state index in [-0.39, 0.29) is 17.3 Å². The summed E-state index contributed by atoms with van der Waals surface area (Å²) in [5.74, 6) is 0.587. The summed E-state index contributed by atoms with van der Waals surface area (Å²) in [7, 11) is 0. The topological polar surface area (TPSA) is 59.1 Å². The molecule has 0 spiro atoms. The standard InChI is InChI=1S/C19H24N2O2/c22-17-13-16(19(23)15-10-6-12-21-18(15)17)20-11-5-4-9-14-7-2-1-3-8-14/h6,10,12-14,20H,1-5,7-9,11H2. The fourth-order valence-electron chi connectivity index (χ4n) is 3.58. The van der Waals surface area contributed by atoms with Gasteiger partial charge in [-0.3, -0.25) is 14.6 Å². The second-order valence-electron chi connectivity index (χ2n) is 6.58. The van der Waals surface area contributed by atoms with Crippen molar-refractivity contribution in [1.29, 1.82) is 0 Å². The number of nitrogens with one attached hydrogen (secondary N) is 1. The van der Waals surface area contributed by atoms with E-state index in [1.165, 1.54) is 51.0 Å². The lowest BCUT2D eigenvalue weighted by Crippen LogP contribution is -2.28. The quantitative estimate of drug-likeness (QED) is 0.814. The molecule has 2 aliphatic carbocycles. The van der Waals surface area contributed by atoms with E-state index in [4.69, 9.17) is 0 Å². The molecule has 4 nitrogen and oxygen atoms in total. The second-order valence-corrected chi connectivity index (χ2v) is 6.58. The van der Waals surface area contributed by atoms with Crippen LogP contribution >= 0.6 is 0 Å². The molecular formula is C19H24N2O2. The van der Waals surface area contributed by atoms with Crippen LogP contribution in [0.1, 0.15) is 72.2 Å². The van der Waals surface area contributed by atoms with Crippen LogP contribution in [0.15, 0.2) is 30.1 Å². The van der Waals surface area contributed by atoms with Gasteiger partial charge in [-0.15, -0.1) is 0 Å². The van der Waals surface area contributed by atoms with E-state index < -0.39 is 0 Å². The van der Waals surface area contributed by atoms with Crippen molar-refractivity contribution in [2.75, 3.05) is 6.54 Å². The molecule has 0 bridgehead atoms. The van der Waals surface area contributed by atoms with Crippen LogP contribution in [-0.2, 0) is 0 Å². The summed E-state index contributed by atoms with van der Waals surface area (Å²) in [5, 5.41) is 3.14.